The van der Waals surface area contributed by atoms with Gasteiger partial charge in [-0.1, -0.05) is 0 Å². The molecule has 0 unspecified atom stereocenters. The number of aliphatic imine (C=N–C) groups is 1. The van der Waals surface area contributed by atoms with Crippen LogP contribution in [0, 0.1) is 0 Å². The Balaban J connectivity index is 4.61. The molecule has 0 amide bonds. The van der Waals surface area contributed by atoms with Gasteiger partial charge >= 0.3 is 0 Å². The molecule has 0 N–H and O–H groups in total. The summed E-state index contributed by atoms with van der Waals surface area (Å²) in [6.07, 6.45) is 0. The smallest absolute Gasteiger partial charge is 0.196 e. The van der Waals surface area contributed by atoms with E-state index in [0.29, 0.717) is 12.1 Å². The van der Waals surface area contributed by atoms with Crippen molar-refractivity contribution in [2.24, 2.45) is 4.99 Å². The molecular formula is C10H23N3. The molecule has 0 spiro atoms. The molecule has 0 aromatic heterocycles. The lowest BCUT2D eigenvalue weighted by Crippen LogP contribution is -2.42. The fraction of sp³-hybridized carbons (Fsp3) is 0.900. The summed E-state index contributed by atoms with van der Waals surface area (Å²) >= 11 is 0. The third-order valence-corrected chi connectivity index (χ3v) is 1.86. The average Bonchev–Trinajstić information content (AvgIpc) is 1.97. The monoisotopic (exact) mass is 185 g/mol. The molecule has 0 aliphatic heterocycles. The quantitative estimate of drug-likeness (QED) is 0.481. The number of hydrogen-bond donors (Lipinski definition) is 0. The van der Waals surface area contributed by atoms with Crippen LogP contribution in [0.3, 0.4) is 0 Å². The Kier molecular flexibility index (Phi) is 4.81. The molecule has 0 aliphatic carbocycles. The molecule has 78 valence electrons. The second-order valence-electron chi connectivity index (χ2n) is 4.12. The van der Waals surface area contributed by atoms with E-state index in [2.05, 4.69) is 49.5 Å². The van der Waals surface area contributed by atoms with Gasteiger partial charge in [-0.15, -0.1) is 0 Å². The van der Waals surface area contributed by atoms with E-state index in [1.165, 1.54) is 0 Å². The Morgan fingerprint density at radius 3 is 1.69 bits per heavy atom. The van der Waals surface area contributed by atoms with Crippen LogP contribution in [0.4, 0.5) is 0 Å². The summed E-state index contributed by atoms with van der Waals surface area (Å²) in [6, 6.07) is 0.832. The van der Waals surface area contributed by atoms with E-state index in [1.54, 1.807) is 0 Å². The Morgan fingerprint density at radius 1 is 1.00 bits per heavy atom. The van der Waals surface area contributed by atoms with Gasteiger partial charge in [-0.2, -0.15) is 0 Å². The highest BCUT2D eigenvalue weighted by molar-refractivity contribution is 5.79. The standard InChI is InChI=1S/C10H23N3/c1-8(2)11-10(12(5)6)13(7)9(3)4/h8-9H,1-7H3/b11-10+. The van der Waals surface area contributed by atoms with E-state index in [9.17, 15) is 0 Å². The van der Waals surface area contributed by atoms with Gasteiger partial charge in [-0.05, 0) is 27.7 Å². The van der Waals surface area contributed by atoms with Crippen LogP contribution in [0.2, 0.25) is 0 Å². The fourth-order valence-electron chi connectivity index (χ4n) is 0.984. The molecule has 3 heteroatoms. The third-order valence-electron chi connectivity index (χ3n) is 1.86. The molecule has 0 atom stereocenters. The van der Waals surface area contributed by atoms with Crippen LogP contribution in [0.25, 0.3) is 0 Å². The van der Waals surface area contributed by atoms with Crippen LogP contribution in [-0.4, -0.2) is 49.0 Å². The summed E-state index contributed by atoms with van der Waals surface area (Å²) in [5, 5.41) is 0. The molecular weight excluding hydrogens is 162 g/mol. The van der Waals surface area contributed by atoms with Gasteiger partial charge in [0.1, 0.15) is 0 Å². The van der Waals surface area contributed by atoms with Gasteiger partial charge in [0, 0.05) is 33.2 Å². The molecule has 13 heavy (non-hydrogen) atoms. The van der Waals surface area contributed by atoms with Crippen molar-refractivity contribution in [3.63, 3.8) is 0 Å². The maximum Gasteiger partial charge on any atom is 0.196 e. The predicted octanol–water partition coefficient (Wildman–Crippen LogP) is 1.65. The Bertz CT molecular complexity index is 171. The minimum Gasteiger partial charge on any atom is -0.349 e. The molecule has 0 radical (unpaired) electrons. The van der Waals surface area contributed by atoms with Gasteiger partial charge in [0.25, 0.3) is 0 Å². The maximum atomic E-state index is 4.57. The predicted molar refractivity (Wildman–Crippen MR) is 59.2 cm³/mol. The van der Waals surface area contributed by atoms with Gasteiger partial charge < -0.3 is 9.80 Å². The summed E-state index contributed by atoms with van der Waals surface area (Å²) in [7, 11) is 6.13. The average molecular weight is 185 g/mol. The van der Waals surface area contributed by atoms with E-state index >= 15 is 0 Å². The van der Waals surface area contributed by atoms with E-state index < -0.39 is 0 Å². The topological polar surface area (TPSA) is 18.8 Å². The van der Waals surface area contributed by atoms with Crippen molar-refractivity contribution >= 4 is 5.96 Å². The van der Waals surface area contributed by atoms with Gasteiger partial charge in [0.2, 0.25) is 0 Å². The van der Waals surface area contributed by atoms with Crippen molar-refractivity contribution in [1.82, 2.24) is 9.80 Å². The molecule has 0 heterocycles. The van der Waals surface area contributed by atoms with E-state index in [0.717, 1.165) is 5.96 Å². The zero-order valence-electron chi connectivity index (χ0n) is 10.00. The van der Waals surface area contributed by atoms with Crippen molar-refractivity contribution in [1.29, 1.82) is 0 Å². The summed E-state index contributed by atoms with van der Waals surface area (Å²) in [5.74, 6) is 1.05. The molecule has 0 aromatic carbocycles. The van der Waals surface area contributed by atoms with Crippen LogP contribution in [-0.2, 0) is 0 Å². The zero-order valence-corrected chi connectivity index (χ0v) is 10.00. The Labute approximate surface area is 82.4 Å². The van der Waals surface area contributed by atoms with Crippen LogP contribution in [0.5, 0.6) is 0 Å². The van der Waals surface area contributed by atoms with E-state index in [4.69, 9.17) is 0 Å². The molecule has 0 fully saturated rings. The zero-order chi connectivity index (χ0) is 10.6. The van der Waals surface area contributed by atoms with Crippen molar-refractivity contribution in [2.45, 2.75) is 39.8 Å². The molecule has 0 aromatic rings. The lowest BCUT2D eigenvalue weighted by molar-refractivity contribution is 0.361. The van der Waals surface area contributed by atoms with Crippen LogP contribution < -0.4 is 0 Å². The fourth-order valence-corrected chi connectivity index (χ4v) is 0.984. The number of rotatable bonds is 2. The SMILES string of the molecule is CC(C)/N=C(\N(C)C)N(C)C(C)C. The molecule has 3 nitrogen and oxygen atoms in total. The summed E-state index contributed by atoms with van der Waals surface area (Å²) < 4.78 is 0. The summed E-state index contributed by atoms with van der Waals surface area (Å²) in [5.41, 5.74) is 0. The summed E-state index contributed by atoms with van der Waals surface area (Å²) in [4.78, 5) is 8.80. The highest BCUT2D eigenvalue weighted by Gasteiger charge is 2.11. The second kappa shape index (κ2) is 5.10. The highest BCUT2D eigenvalue weighted by atomic mass is 15.4. The lowest BCUT2D eigenvalue weighted by atomic mass is 10.3. The molecule has 0 aliphatic rings. The first-order chi connectivity index (χ1) is 5.86. The van der Waals surface area contributed by atoms with Crippen LogP contribution in [0.1, 0.15) is 27.7 Å². The third kappa shape index (κ3) is 4.15. The number of hydrogen-bond acceptors (Lipinski definition) is 1. The largest absolute Gasteiger partial charge is 0.349 e. The van der Waals surface area contributed by atoms with Gasteiger partial charge in [-0.25, -0.2) is 0 Å². The minimum absolute atomic E-state index is 0.346. The van der Waals surface area contributed by atoms with Crippen molar-refractivity contribution in [2.75, 3.05) is 21.1 Å². The second-order valence-corrected chi connectivity index (χ2v) is 4.12. The van der Waals surface area contributed by atoms with E-state index in [1.807, 2.05) is 14.1 Å². The highest BCUT2D eigenvalue weighted by Crippen LogP contribution is 2.01. The molecule has 0 rings (SSSR count). The lowest BCUT2D eigenvalue weighted by Gasteiger charge is -2.30. The van der Waals surface area contributed by atoms with Crippen molar-refractivity contribution < 1.29 is 0 Å². The Morgan fingerprint density at radius 2 is 1.46 bits per heavy atom. The van der Waals surface area contributed by atoms with Crippen molar-refractivity contribution in [3.05, 3.63) is 0 Å². The normalized spacial score (nSPS) is 12.5. The van der Waals surface area contributed by atoms with Gasteiger partial charge in [-0.3, -0.25) is 4.99 Å². The van der Waals surface area contributed by atoms with Crippen LogP contribution >= 0.6 is 0 Å². The number of nitrogens with zero attached hydrogens (tertiary/aromatic N) is 3. The summed E-state index contributed by atoms with van der Waals surface area (Å²) in [6.45, 7) is 8.52. The van der Waals surface area contributed by atoms with Gasteiger partial charge in [0.15, 0.2) is 5.96 Å². The Hall–Kier alpha value is -0.730. The molecule has 0 saturated heterocycles. The van der Waals surface area contributed by atoms with Crippen LogP contribution in [0.15, 0.2) is 4.99 Å². The maximum absolute atomic E-state index is 4.57. The van der Waals surface area contributed by atoms with Crippen molar-refractivity contribution in [3.8, 4) is 0 Å². The first-order valence-corrected chi connectivity index (χ1v) is 4.84. The molecule has 0 saturated carbocycles. The first-order valence-electron chi connectivity index (χ1n) is 4.84. The van der Waals surface area contributed by atoms with E-state index in [-0.39, 0.29) is 0 Å². The number of guanidine groups is 1. The minimum atomic E-state index is 0.346. The first kappa shape index (κ1) is 12.3. The van der Waals surface area contributed by atoms with Gasteiger partial charge in [0.05, 0.1) is 0 Å². The molecule has 0 bridgehead atoms.